The first kappa shape index (κ1) is 12.9. The molecule has 0 amide bonds. The lowest BCUT2D eigenvalue weighted by Gasteiger charge is -2.10. The number of anilines is 2. The molecule has 0 atom stereocenters. The topological polar surface area (TPSA) is 47.3 Å². The Kier molecular flexibility index (Phi) is 3.77. The van der Waals surface area contributed by atoms with E-state index in [1.807, 2.05) is 36.4 Å². The minimum Gasteiger partial charge on any atom is -0.493 e. The maximum absolute atomic E-state index is 5.78. The van der Waals surface area contributed by atoms with Gasteiger partial charge in [-0.2, -0.15) is 0 Å². The number of nitrogens with one attached hydrogen (secondary N) is 1. The molecular weight excluding hydrogens is 248 g/mol. The summed E-state index contributed by atoms with van der Waals surface area (Å²) in [6.07, 6.45) is 2.63. The van der Waals surface area contributed by atoms with Crippen LogP contribution in [0, 0.1) is 5.92 Å². The Bertz CT molecular complexity index is 561. The fourth-order valence-electron chi connectivity index (χ4n) is 2.03. The van der Waals surface area contributed by atoms with Crippen LogP contribution in [0.15, 0.2) is 48.5 Å². The molecule has 1 fully saturated rings. The molecule has 20 heavy (non-hydrogen) atoms. The summed E-state index contributed by atoms with van der Waals surface area (Å²) in [4.78, 5) is 0. The average Bonchev–Trinajstić information content (AvgIpc) is 3.29. The first-order valence-corrected chi connectivity index (χ1v) is 7.11. The summed E-state index contributed by atoms with van der Waals surface area (Å²) in [6.45, 7) is 1.63. The third kappa shape index (κ3) is 3.67. The molecule has 0 bridgehead atoms. The minimum atomic E-state index is 0.779. The van der Waals surface area contributed by atoms with Crippen molar-refractivity contribution in [1.29, 1.82) is 0 Å². The second-order valence-corrected chi connectivity index (χ2v) is 5.38. The smallest absolute Gasteiger partial charge is 0.121 e. The summed E-state index contributed by atoms with van der Waals surface area (Å²) in [6, 6.07) is 16.1. The Morgan fingerprint density at radius 1 is 1.10 bits per heavy atom. The summed E-state index contributed by atoms with van der Waals surface area (Å²) in [5, 5.41) is 3.40. The number of rotatable bonds is 6. The zero-order valence-corrected chi connectivity index (χ0v) is 11.5. The molecule has 0 radical (unpaired) electrons. The van der Waals surface area contributed by atoms with Crippen molar-refractivity contribution < 1.29 is 4.74 Å². The van der Waals surface area contributed by atoms with Gasteiger partial charge in [0.15, 0.2) is 0 Å². The molecule has 1 aliphatic rings. The highest BCUT2D eigenvalue weighted by atomic mass is 16.5. The van der Waals surface area contributed by atoms with Crippen LogP contribution < -0.4 is 15.8 Å². The van der Waals surface area contributed by atoms with E-state index in [0.29, 0.717) is 0 Å². The highest BCUT2D eigenvalue weighted by molar-refractivity contribution is 5.49. The number of hydrogen-bond acceptors (Lipinski definition) is 3. The maximum Gasteiger partial charge on any atom is 0.121 e. The van der Waals surface area contributed by atoms with Gasteiger partial charge < -0.3 is 15.8 Å². The van der Waals surface area contributed by atoms with Gasteiger partial charge in [0.2, 0.25) is 0 Å². The molecule has 3 rings (SSSR count). The molecule has 0 aliphatic heterocycles. The van der Waals surface area contributed by atoms with Gasteiger partial charge in [0.1, 0.15) is 5.75 Å². The summed E-state index contributed by atoms with van der Waals surface area (Å²) in [5.41, 5.74) is 8.77. The van der Waals surface area contributed by atoms with Gasteiger partial charge in [-0.05, 0) is 48.6 Å². The van der Waals surface area contributed by atoms with E-state index in [1.165, 1.54) is 18.4 Å². The van der Waals surface area contributed by atoms with Gasteiger partial charge in [-0.15, -0.1) is 0 Å². The van der Waals surface area contributed by atoms with E-state index in [-0.39, 0.29) is 0 Å². The van der Waals surface area contributed by atoms with Crippen molar-refractivity contribution in [2.75, 3.05) is 17.7 Å². The van der Waals surface area contributed by atoms with Crippen LogP contribution in [0.25, 0.3) is 0 Å². The van der Waals surface area contributed by atoms with Crippen LogP contribution in [0.3, 0.4) is 0 Å². The predicted octanol–water partition coefficient (Wildman–Crippen LogP) is 3.67. The minimum absolute atomic E-state index is 0.779. The largest absolute Gasteiger partial charge is 0.493 e. The standard InChI is InChI=1S/C17H20N2O/c18-15-8-6-13(7-9-15)11-19-16-2-1-3-17(10-16)20-12-14-4-5-14/h1-3,6-10,14,19H,4-5,11-12,18H2. The van der Waals surface area contributed by atoms with Gasteiger partial charge in [0.05, 0.1) is 6.61 Å². The lowest BCUT2D eigenvalue weighted by Crippen LogP contribution is -2.01. The molecule has 0 aromatic heterocycles. The van der Waals surface area contributed by atoms with Crippen molar-refractivity contribution in [2.24, 2.45) is 5.92 Å². The van der Waals surface area contributed by atoms with E-state index in [2.05, 4.69) is 17.4 Å². The van der Waals surface area contributed by atoms with Crippen LogP contribution in [0.4, 0.5) is 11.4 Å². The van der Waals surface area contributed by atoms with Crippen molar-refractivity contribution >= 4 is 11.4 Å². The zero-order chi connectivity index (χ0) is 13.8. The van der Waals surface area contributed by atoms with Crippen LogP contribution in [-0.4, -0.2) is 6.61 Å². The lowest BCUT2D eigenvalue weighted by molar-refractivity contribution is 0.300. The molecule has 1 aliphatic carbocycles. The van der Waals surface area contributed by atoms with Crippen LogP contribution in [0.5, 0.6) is 5.75 Å². The number of ether oxygens (including phenoxy) is 1. The average molecular weight is 268 g/mol. The molecular formula is C17H20N2O. The number of benzene rings is 2. The molecule has 3 N–H and O–H groups in total. The molecule has 104 valence electrons. The fourth-order valence-corrected chi connectivity index (χ4v) is 2.03. The van der Waals surface area contributed by atoms with E-state index in [4.69, 9.17) is 10.5 Å². The Morgan fingerprint density at radius 2 is 1.90 bits per heavy atom. The third-order valence-corrected chi connectivity index (χ3v) is 3.49. The van der Waals surface area contributed by atoms with Crippen LogP contribution in [0.1, 0.15) is 18.4 Å². The molecule has 2 aromatic carbocycles. The highest BCUT2D eigenvalue weighted by Crippen LogP contribution is 2.30. The summed E-state index contributed by atoms with van der Waals surface area (Å²) >= 11 is 0. The van der Waals surface area contributed by atoms with Crippen molar-refractivity contribution in [3.05, 3.63) is 54.1 Å². The van der Waals surface area contributed by atoms with Crippen LogP contribution >= 0.6 is 0 Å². The molecule has 3 heteroatoms. The van der Waals surface area contributed by atoms with Gasteiger partial charge >= 0.3 is 0 Å². The van der Waals surface area contributed by atoms with E-state index >= 15 is 0 Å². The van der Waals surface area contributed by atoms with Gasteiger partial charge in [-0.1, -0.05) is 18.2 Å². The Hall–Kier alpha value is -2.16. The third-order valence-electron chi connectivity index (χ3n) is 3.49. The second-order valence-electron chi connectivity index (χ2n) is 5.38. The van der Waals surface area contributed by atoms with Crippen molar-refractivity contribution in [2.45, 2.75) is 19.4 Å². The van der Waals surface area contributed by atoms with E-state index in [9.17, 15) is 0 Å². The maximum atomic E-state index is 5.78. The summed E-state index contributed by atoms with van der Waals surface area (Å²) in [7, 11) is 0. The molecule has 3 nitrogen and oxygen atoms in total. The SMILES string of the molecule is Nc1ccc(CNc2cccc(OCC3CC3)c2)cc1. The van der Waals surface area contributed by atoms with Gasteiger partial charge in [0.25, 0.3) is 0 Å². The van der Waals surface area contributed by atoms with E-state index in [1.54, 1.807) is 0 Å². The molecule has 0 saturated heterocycles. The first-order valence-electron chi connectivity index (χ1n) is 7.11. The zero-order valence-electron chi connectivity index (χ0n) is 11.5. The van der Waals surface area contributed by atoms with Crippen LogP contribution in [-0.2, 0) is 6.54 Å². The van der Waals surface area contributed by atoms with Gasteiger partial charge in [0, 0.05) is 24.0 Å². The molecule has 0 unspecified atom stereocenters. The van der Waals surface area contributed by atoms with Gasteiger partial charge in [-0.3, -0.25) is 0 Å². The van der Waals surface area contributed by atoms with Crippen molar-refractivity contribution in [1.82, 2.24) is 0 Å². The van der Waals surface area contributed by atoms with Crippen molar-refractivity contribution in [3.8, 4) is 5.75 Å². The Labute approximate surface area is 119 Å². The van der Waals surface area contributed by atoms with Crippen molar-refractivity contribution in [3.63, 3.8) is 0 Å². The number of nitrogens with two attached hydrogens (primary N) is 1. The molecule has 0 heterocycles. The normalized spacial score (nSPS) is 14.0. The van der Waals surface area contributed by atoms with E-state index < -0.39 is 0 Å². The summed E-state index contributed by atoms with van der Waals surface area (Å²) < 4.78 is 5.78. The monoisotopic (exact) mass is 268 g/mol. The first-order chi connectivity index (χ1) is 9.79. The molecule has 0 spiro atoms. The molecule has 1 saturated carbocycles. The Balaban J connectivity index is 1.56. The predicted molar refractivity (Wildman–Crippen MR) is 82.8 cm³/mol. The second kappa shape index (κ2) is 5.87. The highest BCUT2D eigenvalue weighted by Gasteiger charge is 2.21. The number of nitrogen functional groups attached to an aromatic ring is 1. The Morgan fingerprint density at radius 3 is 2.65 bits per heavy atom. The quantitative estimate of drug-likeness (QED) is 0.786. The lowest BCUT2D eigenvalue weighted by atomic mass is 10.2. The van der Waals surface area contributed by atoms with Gasteiger partial charge in [-0.25, -0.2) is 0 Å². The van der Waals surface area contributed by atoms with Crippen LogP contribution in [0.2, 0.25) is 0 Å². The van der Waals surface area contributed by atoms with E-state index in [0.717, 1.165) is 36.2 Å². The number of hydrogen-bond donors (Lipinski definition) is 2. The summed E-state index contributed by atoms with van der Waals surface area (Å²) in [5.74, 6) is 1.72. The fraction of sp³-hybridized carbons (Fsp3) is 0.294. The molecule has 2 aromatic rings.